The normalized spacial score (nSPS) is 10.0. The summed E-state index contributed by atoms with van der Waals surface area (Å²) < 4.78 is 5.63. The van der Waals surface area contributed by atoms with Gasteiger partial charge in [0.05, 0.1) is 0 Å². The first-order valence-electron chi connectivity index (χ1n) is 7.66. The van der Waals surface area contributed by atoms with Crippen molar-refractivity contribution in [3.8, 4) is 11.5 Å². The Morgan fingerprint density at radius 1 is 0.808 bits per heavy atom. The van der Waals surface area contributed by atoms with Gasteiger partial charge in [0.25, 0.3) is 11.8 Å². The van der Waals surface area contributed by atoms with Crippen molar-refractivity contribution in [3.05, 3.63) is 89.2 Å². The van der Waals surface area contributed by atoms with E-state index in [1.807, 2.05) is 0 Å². The van der Waals surface area contributed by atoms with Gasteiger partial charge in [-0.1, -0.05) is 17.7 Å². The molecule has 1 heterocycles. The van der Waals surface area contributed by atoms with Gasteiger partial charge in [0.1, 0.15) is 11.5 Å². The molecule has 0 aliphatic carbocycles. The van der Waals surface area contributed by atoms with E-state index in [2.05, 4.69) is 15.8 Å². The number of rotatable bonds is 4. The summed E-state index contributed by atoms with van der Waals surface area (Å²) in [5.41, 5.74) is 5.42. The van der Waals surface area contributed by atoms with Crippen LogP contribution in [-0.2, 0) is 0 Å². The van der Waals surface area contributed by atoms with Crippen molar-refractivity contribution < 1.29 is 14.3 Å². The summed E-state index contributed by atoms with van der Waals surface area (Å²) in [4.78, 5) is 28.0. The highest BCUT2D eigenvalue weighted by atomic mass is 35.5. The van der Waals surface area contributed by atoms with Gasteiger partial charge in [-0.15, -0.1) is 0 Å². The monoisotopic (exact) mass is 367 g/mol. The van der Waals surface area contributed by atoms with Gasteiger partial charge in [0, 0.05) is 28.5 Å². The Labute approximate surface area is 154 Å². The van der Waals surface area contributed by atoms with Crippen LogP contribution >= 0.6 is 11.6 Å². The number of nitrogens with one attached hydrogen (secondary N) is 2. The maximum Gasteiger partial charge on any atom is 0.269 e. The molecule has 0 fully saturated rings. The zero-order valence-electron chi connectivity index (χ0n) is 13.5. The molecule has 0 bridgehead atoms. The van der Waals surface area contributed by atoms with E-state index in [9.17, 15) is 9.59 Å². The second-order valence-electron chi connectivity index (χ2n) is 5.23. The molecule has 7 heteroatoms. The number of halogens is 1. The number of hydrogen-bond donors (Lipinski definition) is 2. The van der Waals surface area contributed by atoms with E-state index in [0.717, 1.165) is 0 Å². The van der Waals surface area contributed by atoms with Gasteiger partial charge in [-0.3, -0.25) is 25.4 Å². The number of hydrazine groups is 1. The Hall–Kier alpha value is -3.38. The maximum absolute atomic E-state index is 12.1. The summed E-state index contributed by atoms with van der Waals surface area (Å²) in [6.07, 6.45) is 3.25. The molecule has 0 aliphatic rings. The quantitative estimate of drug-likeness (QED) is 0.690. The molecule has 0 saturated heterocycles. The van der Waals surface area contributed by atoms with Crippen LogP contribution in [0.1, 0.15) is 20.7 Å². The molecule has 0 radical (unpaired) electrons. The van der Waals surface area contributed by atoms with Crippen LogP contribution in [-0.4, -0.2) is 16.8 Å². The number of carbonyl (C=O) groups excluding carboxylic acids is 2. The highest BCUT2D eigenvalue weighted by molar-refractivity contribution is 6.30. The van der Waals surface area contributed by atoms with Gasteiger partial charge in [-0.05, 0) is 54.6 Å². The molecule has 3 aromatic rings. The zero-order valence-corrected chi connectivity index (χ0v) is 14.2. The van der Waals surface area contributed by atoms with Crippen molar-refractivity contribution in [2.75, 3.05) is 0 Å². The molecule has 0 spiro atoms. The van der Waals surface area contributed by atoms with Crippen LogP contribution in [0, 0.1) is 0 Å². The largest absolute Gasteiger partial charge is 0.457 e. The third-order valence-electron chi connectivity index (χ3n) is 3.38. The lowest BCUT2D eigenvalue weighted by Crippen LogP contribution is -2.41. The van der Waals surface area contributed by atoms with Crippen LogP contribution in [0.15, 0.2) is 73.1 Å². The van der Waals surface area contributed by atoms with Gasteiger partial charge in [0.2, 0.25) is 0 Å². The highest BCUT2D eigenvalue weighted by Gasteiger charge is 2.09. The fourth-order valence-corrected chi connectivity index (χ4v) is 2.29. The Balaban J connectivity index is 1.57. The zero-order chi connectivity index (χ0) is 18.4. The molecular formula is C19H14ClN3O3. The predicted octanol–water partition coefficient (Wildman–Crippen LogP) is 3.60. The number of amides is 2. The Kier molecular flexibility index (Phi) is 5.46. The Bertz CT molecular complexity index is 915. The average Bonchev–Trinajstić information content (AvgIpc) is 2.67. The van der Waals surface area contributed by atoms with Gasteiger partial charge in [-0.25, -0.2) is 0 Å². The van der Waals surface area contributed by atoms with Crippen molar-refractivity contribution in [3.63, 3.8) is 0 Å². The van der Waals surface area contributed by atoms with Crippen LogP contribution < -0.4 is 15.6 Å². The number of ether oxygens (including phenoxy) is 1. The third-order valence-corrected chi connectivity index (χ3v) is 3.61. The van der Waals surface area contributed by atoms with Gasteiger partial charge >= 0.3 is 0 Å². The summed E-state index contributed by atoms with van der Waals surface area (Å²) in [5.74, 6) is 0.316. The van der Waals surface area contributed by atoms with Crippen molar-refractivity contribution in [2.45, 2.75) is 0 Å². The lowest BCUT2D eigenvalue weighted by atomic mass is 10.2. The molecule has 3 rings (SSSR count). The summed E-state index contributed by atoms with van der Waals surface area (Å²) >= 11 is 5.84. The maximum atomic E-state index is 12.1. The molecule has 2 amide bonds. The van der Waals surface area contributed by atoms with Gasteiger partial charge in [-0.2, -0.15) is 0 Å². The van der Waals surface area contributed by atoms with E-state index in [1.54, 1.807) is 67.0 Å². The number of pyridine rings is 1. The van der Waals surface area contributed by atoms with E-state index in [4.69, 9.17) is 16.3 Å². The predicted molar refractivity (Wildman–Crippen MR) is 97.1 cm³/mol. The fraction of sp³-hybridized carbons (Fsp3) is 0. The van der Waals surface area contributed by atoms with Gasteiger partial charge in [0.15, 0.2) is 0 Å². The van der Waals surface area contributed by atoms with Crippen molar-refractivity contribution in [2.24, 2.45) is 0 Å². The lowest BCUT2D eigenvalue weighted by Gasteiger charge is -2.09. The number of hydrogen-bond acceptors (Lipinski definition) is 4. The second-order valence-corrected chi connectivity index (χ2v) is 5.66. The van der Waals surface area contributed by atoms with E-state index in [-0.39, 0.29) is 0 Å². The fourth-order valence-electron chi connectivity index (χ4n) is 2.10. The Morgan fingerprint density at radius 3 is 2.08 bits per heavy atom. The van der Waals surface area contributed by atoms with E-state index >= 15 is 0 Å². The third kappa shape index (κ3) is 4.58. The van der Waals surface area contributed by atoms with E-state index in [0.29, 0.717) is 27.6 Å². The first kappa shape index (κ1) is 17.4. The number of benzene rings is 2. The second kappa shape index (κ2) is 8.13. The van der Waals surface area contributed by atoms with Crippen LogP contribution in [0.25, 0.3) is 0 Å². The van der Waals surface area contributed by atoms with E-state index < -0.39 is 11.8 Å². The first-order valence-corrected chi connectivity index (χ1v) is 8.04. The minimum atomic E-state index is -0.460. The average molecular weight is 368 g/mol. The topological polar surface area (TPSA) is 80.3 Å². The molecule has 26 heavy (non-hydrogen) atoms. The summed E-state index contributed by atoms with van der Waals surface area (Å²) in [5, 5.41) is 0.439. The highest BCUT2D eigenvalue weighted by Crippen LogP contribution is 2.20. The standard InChI is InChI=1S/C19H14ClN3O3/c20-15-3-1-2-14(12-15)19(25)23-22-18(24)13-4-6-16(7-5-13)26-17-8-10-21-11-9-17/h1-12H,(H,22,24)(H,23,25). The number of aromatic nitrogens is 1. The van der Waals surface area contributed by atoms with Crippen molar-refractivity contribution in [1.82, 2.24) is 15.8 Å². The van der Waals surface area contributed by atoms with Crippen molar-refractivity contribution in [1.29, 1.82) is 0 Å². The Morgan fingerprint density at radius 2 is 1.42 bits per heavy atom. The molecule has 2 N–H and O–H groups in total. The molecule has 0 aliphatic heterocycles. The molecular weight excluding hydrogens is 354 g/mol. The molecule has 2 aromatic carbocycles. The first-order chi connectivity index (χ1) is 12.6. The lowest BCUT2D eigenvalue weighted by molar-refractivity contribution is 0.0846. The van der Waals surface area contributed by atoms with Crippen LogP contribution in [0.5, 0.6) is 11.5 Å². The van der Waals surface area contributed by atoms with Crippen LogP contribution in [0.3, 0.4) is 0 Å². The molecule has 130 valence electrons. The summed E-state index contributed by atoms with van der Waals surface area (Å²) in [6.45, 7) is 0. The molecule has 0 atom stereocenters. The minimum absolute atomic E-state index is 0.346. The molecule has 0 saturated carbocycles. The number of carbonyl (C=O) groups is 2. The van der Waals surface area contributed by atoms with Crippen LogP contribution in [0.2, 0.25) is 5.02 Å². The summed E-state index contributed by atoms with van der Waals surface area (Å²) in [7, 11) is 0. The van der Waals surface area contributed by atoms with E-state index in [1.165, 1.54) is 6.07 Å². The molecule has 6 nitrogen and oxygen atoms in total. The van der Waals surface area contributed by atoms with Crippen molar-refractivity contribution >= 4 is 23.4 Å². The number of nitrogens with zero attached hydrogens (tertiary/aromatic N) is 1. The molecule has 0 unspecified atom stereocenters. The SMILES string of the molecule is O=C(NNC(=O)c1cccc(Cl)c1)c1ccc(Oc2ccncc2)cc1. The minimum Gasteiger partial charge on any atom is -0.457 e. The molecule has 1 aromatic heterocycles. The summed E-state index contributed by atoms with van der Waals surface area (Å²) in [6, 6.07) is 16.4. The smallest absolute Gasteiger partial charge is 0.269 e. The van der Waals surface area contributed by atoms with Crippen LogP contribution in [0.4, 0.5) is 0 Å². The van der Waals surface area contributed by atoms with Gasteiger partial charge < -0.3 is 4.74 Å².